The van der Waals surface area contributed by atoms with Gasteiger partial charge in [-0.3, -0.25) is 4.55 Å². The van der Waals surface area contributed by atoms with E-state index in [0.717, 1.165) is 22.9 Å². The van der Waals surface area contributed by atoms with Crippen LogP contribution >= 0.6 is 0 Å². The van der Waals surface area contributed by atoms with Gasteiger partial charge in [0.05, 0.1) is 4.90 Å². The molecule has 0 amide bonds. The highest BCUT2D eigenvalue weighted by Gasteiger charge is 2.25. The predicted molar refractivity (Wildman–Crippen MR) is 104 cm³/mol. The molecule has 2 rings (SSSR count). The van der Waals surface area contributed by atoms with Gasteiger partial charge < -0.3 is 10.1 Å². The Bertz CT molecular complexity index is 873. The number of hydrogen-bond acceptors (Lipinski definition) is 5. The molecule has 0 saturated carbocycles. The van der Waals surface area contributed by atoms with Crippen molar-refractivity contribution >= 4 is 15.9 Å². The van der Waals surface area contributed by atoms with Crippen LogP contribution in [-0.4, -0.2) is 27.9 Å². The number of H-pyrrole nitrogens is 1. The molecule has 0 spiro atoms. The summed E-state index contributed by atoms with van der Waals surface area (Å²) >= 11 is 0. The number of hydrogen-bond donors (Lipinski definition) is 2. The molecule has 150 valence electrons. The van der Waals surface area contributed by atoms with Crippen LogP contribution in [0, 0.1) is 10.1 Å². The van der Waals surface area contributed by atoms with Crippen LogP contribution in [-0.2, 0) is 10.1 Å². The third kappa shape index (κ3) is 5.86. The van der Waals surface area contributed by atoms with Crippen molar-refractivity contribution in [3.63, 3.8) is 0 Å². The molecule has 0 aliphatic rings. The summed E-state index contributed by atoms with van der Waals surface area (Å²) in [7, 11) is -4.18. The lowest BCUT2D eigenvalue weighted by atomic mass is 9.83. The molecule has 0 aliphatic heterocycles. The molecule has 0 unspecified atom stereocenters. The zero-order valence-corrected chi connectivity index (χ0v) is 17.2. The third-order valence-electron chi connectivity index (χ3n) is 4.02. The van der Waals surface area contributed by atoms with Crippen LogP contribution in [0.5, 0.6) is 0 Å². The van der Waals surface area contributed by atoms with Crippen molar-refractivity contribution in [1.82, 2.24) is 9.97 Å². The molecule has 8 nitrogen and oxygen atoms in total. The second kappa shape index (κ2) is 9.09. The Labute approximate surface area is 159 Å². The molecule has 2 N–H and O–H groups in total. The second-order valence-corrected chi connectivity index (χ2v) is 8.50. The number of nitrogens with zero attached hydrogens (tertiary/aromatic N) is 2. The molecular weight excluding hydrogens is 370 g/mol. The van der Waals surface area contributed by atoms with E-state index in [1.807, 2.05) is 19.9 Å². The first-order valence-electron chi connectivity index (χ1n) is 8.64. The lowest BCUT2D eigenvalue weighted by Crippen LogP contribution is -2.12. The molecule has 0 bridgehead atoms. The fourth-order valence-corrected chi connectivity index (χ4v) is 3.81. The average Bonchev–Trinajstić information content (AvgIpc) is 3.07. The smallest absolute Gasteiger partial charge is 0.340 e. The minimum absolute atomic E-state index is 0.0491. The summed E-state index contributed by atoms with van der Waals surface area (Å²) in [6.07, 6.45) is 2.41. The lowest BCUT2D eigenvalue weighted by Gasteiger charge is -2.24. The Morgan fingerprint density at radius 1 is 1.04 bits per heavy atom. The second-order valence-electron chi connectivity index (χ2n) is 7.11. The van der Waals surface area contributed by atoms with Crippen molar-refractivity contribution in [2.75, 3.05) is 0 Å². The number of aromatic amines is 1. The fourth-order valence-electron chi connectivity index (χ4n) is 2.95. The predicted octanol–water partition coefficient (Wildman–Crippen LogP) is 4.62. The van der Waals surface area contributed by atoms with Gasteiger partial charge in [-0.2, -0.15) is 8.42 Å². The summed E-state index contributed by atoms with van der Waals surface area (Å²) in [6.45, 7) is 12.2. The van der Waals surface area contributed by atoms with Crippen molar-refractivity contribution in [1.29, 1.82) is 0 Å². The van der Waals surface area contributed by atoms with E-state index in [-0.39, 0.29) is 22.5 Å². The molecule has 27 heavy (non-hydrogen) atoms. The van der Waals surface area contributed by atoms with Gasteiger partial charge in [0, 0.05) is 0 Å². The molecule has 0 atom stereocenters. The van der Waals surface area contributed by atoms with Gasteiger partial charge in [-0.25, -0.2) is 9.97 Å². The van der Waals surface area contributed by atoms with Crippen LogP contribution in [0.4, 0.5) is 5.82 Å². The minimum Gasteiger partial charge on any atom is -0.358 e. The van der Waals surface area contributed by atoms with E-state index in [4.69, 9.17) is 0 Å². The van der Waals surface area contributed by atoms with E-state index < -0.39 is 15.0 Å². The molecule has 9 heteroatoms. The van der Waals surface area contributed by atoms with Gasteiger partial charge in [0.1, 0.15) is 6.20 Å². The van der Waals surface area contributed by atoms with Crippen LogP contribution in [0.3, 0.4) is 0 Å². The van der Waals surface area contributed by atoms with E-state index in [2.05, 4.69) is 37.7 Å². The Balaban J connectivity index is 0.000000377. The zero-order chi connectivity index (χ0) is 20.9. The van der Waals surface area contributed by atoms with Crippen LogP contribution < -0.4 is 0 Å². The Kier molecular flexibility index (Phi) is 7.67. The zero-order valence-electron chi connectivity index (χ0n) is 16.4. The van der Waals surface area contributed by atoms with Gasteiger partial charge >= 0.3 is 5.82 Å². The van der Waals surface area contributed by atoms with E-state index >= 15 is 0 Å². The van der Waals surface area contributed by atoms with Crippen molar-refractivity contribution in [2.45, 2.75) is 64.2 Å². The Morgan fingerprint density at radius 2 is 1.59 bits per heavy atom. The first kappa shape index (κ1) is 22.8. The third-order valence-corrected chi connectivity index (χ3v) is 4.93. The van der Waals surface area contributed by atoms with E-state index in [1.54, 1.807) is 0 Å². The maximum atomic E-state index is 11.6. The molecule has 1 aromatic heterocycles. The average molecular weight is 397 g/mol. The maximum absolute atomic E-state index is 11.6. The Morgan fingerprint density at radius 3 is 1.89 bits per heavy atom. The number of nitrogens with one attached hydrogen (secondary N) is 1. The minimum atomic E-state index is -4.18. The molecule has 0 radical (unpaired) electrons. The molecular formula is C18H27N3O5S. The molecule has 0 saturated heterocycles. The standard InChI is InChI=1S/C15H24O3S.C3H3N3O2/c1-9(2)12-7-8-13(19(16,17)18)15(11(5)6)14(12)10(3)4;7-6(8)3-1-4-2-5-3/h7-11H,1-6H3,(H,16,17,18);1-2H,(H,4,5). The van der Waals surface area contributed by atoms with Crippen LogP contribution in [0.25, 0.3) is 0 Å². The largest absolute Gasteiger partial charge is 0.358 e. The van der Waals surface area contributed by atoms with Gasteiger partial charge in [-0.15, -0.1) is 0 Å². The normalized spacial score (nSPS) is 11.6. The summed E-state index contributed by atoms with van der Waals surface area (Å²) < 4.78 is 32.6. The van der Waals surface area contributed by atoms with E-state index in [1.165, 1.54) is 12.4 Å². The first-order chi connectivity index (χ1) is 12.4. The lowest BCUT2D eigenvalue weighted by molar-refractivity contribution is -0.389. The molecule has 1 aromatic carbocycles. The number of nitro groups is 1. The van der Waals surface area contributed by atoms with Gasteiger partial charge in [-0.1, -0.05) is 47.6 Å². The SMILES string of the molecule is CC(C)c1ccc(S(=O)(=O)O)c(C(C)C)c1C(C)C.O=[N+]([O-])c1cnc[nH]1. The van der Waals surface area contributed by atoms with Crippen molar-refractivity contribution in [3.8, 4) is 0 Å². The van der Waals surface area contributed by atoms with Crippen molar-refractivity contribution in [2.24, 2.45) is 0 Å². The topological polar surface area (TPSA) is 126 Å². The summed E-state index contributed by atoms with van der Waals surface area (Å²) in [5, 5.41) is 9.80. The van der Waals surface area contributed by atoms with Gasteiger partial charge in [0.15, 0.2) is 6.33 Å². The number of imidazole rings is 1. The van der Waals surface area contributed by atoms with Crippen LogP contribution in [0.1, 0.15) is 76.0 Å². The van der Waals surface area contributed by atoms with Crippen LogP contribution in [0.2, 0.25) is 0 Å². The molecule has 1 heterocycles. The highest BCUT2D eigenvalue weighted by Crippen LogP contribution is 2.37. The number of benzene rings is 1. The quantitative estimate of drug-likeness (QED) is 0.430. The first-order valence-corrected chi connectivity index (χ1v) is 10.1. The maximum Gasteiger partial charge on any atom is 0.340 e. The molecule has 2 aromatic rings. The monoisotopic (exact) mass is 397 g/mol. The van der Waals surface area contributed by atoms with E-state index in [9.17, 15) is 23.1 Å². The summed E-state index contributed by atoms with van der Waals surface area (Å²) in [5.74, 6) is 0.514. The molecule has 0 fully saturated rings. The number of aromatic nitrogens is 2. The van der Waals surface area contributed by atoms with Crippen molar-refractivity contribution in [3.05, 3.63) is 51.5 Å². The van der Waals surface area contributed by atoms with E-state index in [0.29, 0.717) is 5.92 Å². The molecule has 0 aliphatic carbocycles. The summed E-state index contributed by atoms with van der Waals surface area (Å²) in [4.78, 5) is 15.1. The number of rotatable bonds is 5. The van der Waals surface area contributed by atoms with Gasteiger partial charge in [0.2, 0.25) is 0 Å². The fraction of sp³-hybridized carbons (Fsp3) is 0.500. The van der Waals surface area contributed by atoms with Gasteiger partial charge in [-0.05, 0) is 45.4 Å². The van der Waals surface area contributed by atoms with Crippen LogP contribution in [0.15, 0.2) is 29.6 Å². The van der Waals surface area contributed by atoms with Gasteiger partial charge in [0.25, 0.3) is 10.1 Å². The van der Waals surface area contributed by atoms with Crippen molar-refractivity contribution < 1.29 is 17.9 Å². The summed E-state index contributed by atoms with van der Waals surface area (Å²) in [6, 6.07) is 3.36. The summed E-state index contributed by atoms with van der Waals surface area (Å²) in [5.41, 5.74) is 2.97. The Hall–Kier alpha value is -2.26. The highest BCUT2D eigenvalue weighted by molar-refractivity contribution is 7.85. The highest BCUT2D eigenvalue weighted by atomic mass is 32.2.